The first-order valence-electron chi connectivity index (χ1n) is 5.62. The number of aryl methyl sites for hydroxylation is 2. The number of carbonyl (C=O) groups is 1. The number of thioether (sulfide) groups is 1. The minimum Gasteiger partial charge on any atom is -0.369 e. The fraction of sp³-hybridized carbons (Fsp3) is 0.364. The minimum absolute atomic E-state index is 0.259. The molecule has 0 saturated heterocycles. The van der Waals surface area contributed by atoms with Crippen molar-refractivity contribution >= 4 is 45.0 Å². The molecule has 2 heterocycles. The van der Waals surface area contributed by atoms with Gasteiger partial charge in [-0.05, 0) is 19.4 Å². The second-order valence-corrected chi connectivity index (χ2v) is 6.24. The number of aromatic nitrogens is 2. The van der Waals surface area contributed by atoms with Gasteiger partial charge in [0.25, 0.3) is 0 Å². The van der Waals surface area contributed by atoms with Gasteiger partial charge in [-0.25, -0.2) is 15.8 Å². The van der Waals surface area contributed by atoms with Gasteiger partial charge in [0, 0.05) is 4.88 Å². The van der Waals surface area contributed by atoms with E-state index in [9.17, 15) is 4.79 Å². The Morgan fingerprint density at radius 1 is 1.42 bits per heavy atom. The zero-order valence-electron chi connectivity index (χ0n) is 10.7. The van der Waals surface area contributed by atoms with Crippen molar-refractivity contribution in [3.63, 3.8) is 0 Å². The summed E-state index contributed by atoms with van der Waals surface area (Å²) < 4.78 is 0. The van der Waals surface area contributed by atoms with Crippen LogP contribution in [-0.4, -0.2) is 21.6 Å². The number of rotatable bonds is 5. The van der Waals surface area contributed by atoms with Crippen LogP contribution in [0.3, 0.4) is 0 Å². The van der Waals surface area contributed by atoms with E-state index >= 15 is 0 Å². The average molecular weight is 297 g/mol. The molecule has 0 saturated carbocycles. The van der Waals surface area contributed by atoms with Crippen LogP contribution in [0.5, 0.6) is 0 Å². The van der Waals surface area contributed by atoms with Gasteiger partial charge in [0.15, 0.2) is 5.82 Å². The Bertz CT molecular complexity index is 625. The molecule has 0 aliphatic heterocycles. The predicted molar refractivity (Wildman–Crippen MR) is 80.1 cm³/mol. The summed E-state index contributed by atoms with van der Waals surface area (Å²) in [5.41, 5.74) is 8.86. The minimum atomic E-state index is -0.342. The normalized spacial score (nSPS) is 10.9. The first-order valence-corrected chi connectivity index (χ1v) is 7.59. The number of amides is 1. The van der Waals surface area contributed by atoms with E-state index in [1.54, 1.807) is 11.3 Å². The molecular weight excluding hydrogens is 282 g/mol. The monoisotopic (exact) mass is 297 g/mol. The number of anilines is 1. The quantitative estimate of drug-likeness (QED) is 0.567. The lowest BCUT2D eigenvalue weighted by molar-refractivity contribution is -0.115. The number of nitrogens with two attached hydrogens (primary N) is 2. The van der Waals surface area contributed by atoms with Crippen LogP contribution in [0.4, 0.5) is 5.82 Å². The largest absolute Gasteiger partial charge is 0.369 e. The highest BCUT2D eigenvalue weighted by atomic mass is 32.2. The van der Waals surface area contributed by atoms with Crippen molar-refractivity contribution in [3.05, 3.63) is 16.3 Å². The zero-order valence-corrected chi connectivity index (χ0v) is 12.3. The molecule has 0 aromatic carbocycles. The summed E-state index contributed by atoms with van der Waals surface area (Å²) in [5.74, 6) is 7.24. The van der Waals surface area contributed by atoms with Crippen LogP contribution in [0.2, 0.25) is 0 Å². The maximum Gasteiger partial charge on any atom is 0.227 e. The van der Waals surface area contributed by atoms with Crippen molar-refractivity contribution in [1.29, 1.82) is 0 Å². The van der Waals surface area contributed by atoms with Crippen molar-refractivity contribution in [3.8, 4) is 0 Å². The van der Waals surface area contributed by atoms with Crippen molar-refractivity contribution < 1.29 is 4.79 Å². The molecule has 2 aromatic heterocycles. The molecule has 0 fully saturated rings. The van der Waals surface area contributed by atoms with Gasteiger partial charge in [0.2, 0.25) is 5.91 Å². The van der Waals surface area contributed by atoms with E-state index in [1.165, 1.54) is 16.6 Å². The third-order valence-corrected chi connectivity index (χ3v) is 4.74. The molecule has 1 amide bonds. The molecule has 8 heteroatoms. The van der Waals surface area contributed by atoms with Gasteiger partial charge in [-0.1, -0.05) is 0 Å². The summed E-state index contributed by atoms with van der Waals surface area (Å²) in [6, 6.07) is 0. The molecule has 6 nitrogen and oxygen atoms in total. The van der Waals surface area contributed by atoms with Gasteiger partial charge < -0.3 is 11.2 Å². The summed E-state index contributed by atoms with van der Waals surface area (Å²) in [4.78, 5) is 21.7. The SMILES string of the molecule is Cc1sc2nc(CSCC(N)=O)nc(NN)c2c1C. The Morgan fingerprint density at radius 2 is 2.16 bits per heavy atom. The topological polar surface area (TPSA) is 107 Å². The maximum absolute atomic E-state index is 10.7. The number of carbonyl (C=O) groups excluding carboxylic acids is 1. The van der Waals surface area contributed by atoms with Crippen LogP contribution in [0.15, 0.2) is 0 Å². The van der Waals surface area contributed by atoms with E-state index in [1.807, 2.05) is 13.8 Å². The summed E-state index contributed by atoms with van der Waals surface area (Å²) in [6.45, 7) is 4.07. The molecule has 5 N–H and O–H groups in total. The molecule has 102 valence electrons. The summed E-state index contributed by atoms with van der Waals surface area (Å²) in [5, 5.41) is 0.966. The lowest BCUT2D eigenvalue weighted by Gasteiger charge is -2.05. The van der Waals surface area contributed by atoms with Crippen molar-refractivity contribution in [2.75, 3.05) is 11.2 Å². The van der Waals surface area contributed by atoms with Crippen LogP contribution in [0.25, 0.3) is 10.2 Å². The zero-order chi connectivity index (χ0) is 14.0. The third-order valence-electron chi connectivity index (χ3n) is 2.69. The lowest BCUT2D eigenvalue weighted by Crippen LogP contribution is -2.14. The molecule has 0 aliphatic rings. The van der Waals surface area contributed by atoms with Gasteiger partial charge in [0.05, 0.1) is 16.9 Å². The maximum atomic E-state index is 10.7. The highest BCUT2D eigenvalue weighted by Crippen LogP contribution is 2.33. The third kappa shape index (κ3) is 2.96. The molecule has 2 aromatic rings. The van der Waals surface area contributed by atoms with E-state index in [4.69, 9.17) is 11.6 Å². The van der Waals surface area contributed by atoms with Crippen LogP contribution >= 0.6 is 23.1 Å². The number of primary amides is 1. The number of fused-ring (bicyclic) bond motifs is 1. The molecule has 2 rings (SSSR count). The van der Waals surface area contributed by atoms with Crippen molar-refractivity contribution in [2.24, 2.45) is 11.6 Å². The Morgan fingerprint density at radius 3 is 2.79 bits per heavy atom. The van der Waals surface area contributed by atoms with Gasteiger partial charge in [-0.2, -0.15) is 0 Å². The Hall–Kier alpha value is -1.38. The summed E-state index contributed by atoms with van der Waals surface area (Å²) in [6.07, 6.45) is 0. The second-order valence-electron chi connectivity index (χ2n) is 4.06. The Balaban J connectivity index is 2.34. The molecule has 0 unspecified atom stereocenters. The van der Waals surface area contributed by atoms with Gasteiger partial charge in [0.1, 0.15) is 10.7 Å². The van der Waals surface area contributed by atoms with Crippen LogP contribution in [-0.2, 0) is 10.5 Å². The Kier molecular flexibility index (Phi) is 4.23. The fourth-order valence-electron chi connectivity index (χ4n) is 1.71. The number of thiophene rings is 1. The van der Waals surface area contributed by atoms with Crippen LogP contribution in [0.1, 0.15) is 16.3 Å². The van der Waals surface area contributed by atoms with Crippen LogP contribution < -0.4 is 17.0 Å². The van der Waals surface area contributed by atoms with E-state index < -0.39 is 0 Å². The predicted octanol–water partition coefficient (Wildman–Crippen LogP) is 1.31. The molecule has 0 bridgehead atoms. The number of hydrazine groups is 1. The second kappa shape index (κ2) is 5.72. The molecule has 0 atom stereocenters. The lowest BCUT2D eigenvalue weighted by atomic mass is 10.2. The van der Waals surface area contributed by atoms with Gasteiger partial charge >= 0.3 is 0 Å². The number of hydrogen-bond acceptors (Lipinski definition) is 7. The standard InChI is InChI=1S/C11H15N5OS2/c1-5-6(2)19-11-9(5)10(16-13)14-8(15-11)4-18-3-7(12)17/h3-4,13H2,1-2H3,(H2,12,17)(H,14,15,16). The van der Waals surface area contributed by atoms with Gasteiger partial charge in [-0.15, -0.1) is 23.1 Å². The number of hydrogen-bond donors (Lipinski definition) is 3. The molecular formula is C11H15N5OS2. The number of nitrogens with zero attached hydrogens (tertiary/aromatic N) is 2. The summed E-state index contributed by atoms with van der Waals surface area (Å²) in [7, 11) is 0. The molecule has 0 aliphatic carbocycles. The highest BCUT2D eigenvalue weighted by molar-refractivity contribution is 7.99. The summed E-state index contributed by atoms with van der Waals surface area (Å²) >= 11 is 3.00. The van der Waals surface area contributed by atoms with E-state index in [2.05, 4.69) is 15.4 Å². The molecule has 0 radical (unpaired) electrons. The van der Waals surface area contributed by atoms with Crippen LogP contribution in [0, 0.1) is 13.8 Å². The van der Waals surface area contributed by atoms with Gasteiger partial charge in [-0.3, -0.25) is 4.79 Å². The first-order chi connectivity index (χ1) is 9.02. The van der Waals surface area contributed by atoms with E-state index in [0.29, 0.717) is 17.4 Å². The van der Waals surface area contributed by atoms with E-state index in [-0.39, 0.29) is 11.7 Å². The van der Waals surface area contributed by atoms with Crippen molar-refractivity contribution in [1.82, 2.24) is 9.97 Å². The highest BCUT2D eigenvalue weighted by Gasteiger charge is 2.14. The smallest absolute Gasteiger partial charge is 0.227 e. The average Bonchev–Trinajstić information content (AvgIpc) is 2.64. The number of nitrogen functional groups attached to an aromatic ring is 1. The molecule has 0 spiro atoms. The van der Waals surface area contributed by atoms with E-state index in [0.717, 1.165) is 15.8 Å². The Labute approximate surface area is 119 Å². The first kappa shape index (κ1) is 14.0. The number of nitrogens with one attached hydrogen (secondary N) is 1. The van der Waals surface area contributed by atoms with Crippen molar-refractivity contribution in [2.45, 2.75) is 19.6 Å². The molecule has 19 heavy (non-hydrogen) atoms. The fourth-order valence-corrected chi connectivity index (χ4v) is 3.37.